The average Bonchev–Trinajstić information content (AvgIpc) is 2.27. The lowest BCUT2D eigenvalue weighted by Crippen LogP contribution is -2.58. The van der Waals surface area contributed by atoms with Gasteiger partial charge in [0.05, 0.1) is 16.6 Å². The molecular weight excluding hydrogens is 236 g/mol. The number of carbonyl (C=O) groups is 1. The number of carbonyl (C=O) groups excluding carboxylic acids is 1. The molecule has 0 unspecified atom stereocenters. The van der Waals surface area contributed by atoms with Crippen molar-refractivity contribution in [2.45, 2.75) is 57.6 Å². The highest BCUT2D eigenvalue weighted by Gasteiger charge is 2.36. The molecule has 1 saturated carbocycles. The summed E-state index contributed by atoms with van der Waals surface area (Å²) in [6.07, 6.45) is 5.03. The van der Waals surface area contributed by atoms with Crippen LogP contribution in [0.4, 0.5) is 0 Å². The van der Waals surface area contributed by atoms with Gasteiger partial charge >= 0.3 is 0 Å². The quantitative estimate of drug-likeness (QED) is 0.734. The lowest BCUT2D eigenvalue weighted by molar-refractivity contribution is -0.128. The van der Waals surface area contributed by atoms with Crippen LogP contribution in [-0.4, -0.2) is 29.1 Å². The summed E-state index contributed by atoms with van der Waals surface area (Å²) < 4.78 is 5.27. The predicted molar refractivity (Wildman–Crippen MR) is 71.8 cm³/mol. The van der Waals surface area contributed by atoms with Crippen molar-refractivity contribution in [1.82, 2.24) is 5.32 Å². The number of hydrogen-bond acceptors (Lipinski definition) is 3. The summed E-state index contributed by atoms with van der Waals surface area (Å²) in [5, 5.41) is 2.96. The largest absolute Gasteiger partial charge is 0.391 e. The molecule has 1 aliphatic rings. The first kappa shape index (κ1) is 14.4. The fourth-order valence-corrected chi connectivity index (χ4v) is 2.39. The van der Waals surface area contributed by atoms with E-state index in [-0.39, 0.29) is 18.6 Å². The minimum atomic E-state index is -0.481. The van der Waals surface area contributed by atoms with Gasteiger partial charge in [0.15, 0.2) is 0 Å². The van der Waals surface area contributed by atoms with Crippen LogP contribution in [0, 0.1) is 0 Å². The molecule has 0 atom stereocenters. The van der Waals surface area contributed by atoms with Crippen LogP contribution in [0.2, 0.25) is 0 Å². The fraction of sp³-hybridized carbons (Fsp3) is 0.833. The van der Waals surface area contributed by atoms with Crippen molar-refractivity contribution in [3.63, 3.8) is 0 Å². The molecule has 1 amide bonds. The van der Waals surface area contributed by atoms with Crippen LogP contribution in [0.15, 0.2) is 0 Å². The second kappa shape index (κ2) is 6.31. The first-order valence-electron chi connectivity index (χ1n) is 6.19. The molecule has 0 heterocycles. The summed E-state index contributed by atoms with van der Waals surface area (Å²) in [4.78, 5) is 12.2. The highest BCUT2D eigenvalue weighted by Crippen LogP contribution is 2.28. The van der Waals surface area contributed by atoms with Gasteiger partial charge in [-0.15, -0.1) is 0 Å². The maximum Gasteiger partial charge on any atom is 0.246 e. The lowest BCUT2D eigenvalue weighted by Gasteiger charge is -2.37. The summed E-state index contributed by atoms with van der Waals surface area (Å²) in [5.74, 6) is -0.131. The van der Waals surface area contributed by atoms with E-state index in [0.29, 0.717) is 4.99 Å². The fourth-order valence-electron chi connectivity index (χ4n) is 2.13. The second-order valence-corrected chi connectivity index (χ2v) is 5.35. The van der Waals surface area contributed by atoms with E-state index in [1.807, 2.05) is 13.8 Å². The van der Waals surface area contributed by atoms with Gasteiger partial charge in [0.2, 0.25) is 5.91 Å². The molecule has 0 radical (unpaired) electrons. The van der Waals surface area contributed by atoms with Crippen molar-refractivity contribution in [3.8, 4) is 0 Å². The van der Waals surface area contributed by atoms with Gasteiger partial charge in [-0.1, -0.05) is 31.5 Å². The van der Waals surface area contributed by atoms with Crippen molar-refractivity contribution in [1.29, 1.82) is 0 Å². The smallest absolute Gasteiger partial charge is 0.246 e. The van der Waals surface area contributed by atoms with Gasteiger partial charge in [-0.25, -0.2) is 0 Å². The molecule has 0 aromatic heterocycles. The van der Waals surface area contributed by atoms with Crippen molar-refractivity contribution < 1.29 is 9.53 Å². The van der Waals surface area contributed by atoms with Gasteiger partial charge in [0, 0.05) is 0 Å². The summed E-state index contributed by atoms with van der Waals surface area (Å²) >= 11 is 5.10. The molecule has 1 fully saturated rings. The Morgan fingerprint density at radius 2 is 2.00 bits per heavy atom. The van der Waals surface area contributed by atoms with Crippen molar-refractivity contribution in [2.75, 3.05) is 6.61 Å². The minimum Gasteiger partial charge on any atom is -0.391 e. The molecule has 0 spiro atoms. The molecular formula is C12H22N2O2S. The van der Waals surface area contributed by atoms with Crippen LogP contribution < -0.4 is 11.1 Å². The minimum absolute atomic E-state index is 0.0490. The highest BCUT2D eigenvalue weighted by molar-refractivity contribution is 7.80. The van der Waals surface area contributed by atoms with Gasteiger partial charge < -0.3 is 15.8 Å². The molecule has 5 heteroatoms. The number of nitrogens with one attached hydrogen (secondary N) is 1. The highest BCUT2D eigenvalue weighted by atomic mass is 32.1. The summed E-state index contributed by atoms with van der Waals surface area (Å²) in [7, 11) is 0. The van der Waals surface area contributed by atoms with Crippen molar-refractivity contribution in [2.24, 2.45) is 5.73 Å². The standard InChI is InChI=1S/C12H22N2O2S/c1-9(2)16-8-10(15)14-12(11(13)17)6-4-3-5-7-12/h9H,3-8H2,1-2H3,(H2,13,17)(H,14,15). The normalized spacial score (nSPS) is 19.0. The summed E-state index contributed by atoms with van der Waals surface area (Å²) in [6, 6.07) is 0. The number of thiocarbonyl (C=S) groups is 1. The zero-order chi connectivity index (χ0) is 12.9. The van der Waals surface area contributed by atoms with Crippen LogP contribution in [0.25, 0.3) is 0 Å². The van der Waals surface area contributed by atoms with Crippen LogP contribution in [0.3, 0.4) is 0 Å². The molecule has 3 N–H and O–H groups in total. The first-order valence-corrected chi connectivity index (χ1v) is 6.59. The van der Waals surface area contributed by atoms with Gasteiger partial charge in [0.25, 0.3) is 0 Å². The lowest BCUT2D eigenvalue weighted by atomic mass is 9.81. The SMILES string of the molecule is CC(C)OCC(=O)NC1(C(N)=S)CCCCC1. The molecule has 98 valence electrons. The molecule has 1 aliphatic carbocycles. The molecule has 4 nitrogen and oxygen atoms in total. The number of amides is 1. The second-order valence-electron chi connectivity index (χ2n) is 4.91. The van der Waals surface area contributed by atoms with E-state index in [9.17, 15) is 4.79 Å². The molecule has 0 aromatic carbocycles. The van der Waals surface area contributed by atoms with Crippen LogP contribution >= 0.6 is 12.2 Å². The third-order valence-corrected chi connectivity index (χ3v) is 3.50. The first-order chi connectivity index (χ1) is 7.96. The monoisotopic (exact) mass is 258 g/mol. The summed E-state index contributed by atoms with van der Waals surface area (Å²) in [6.45, 7) is 3.87. The number of ether oxygens (including phenoxy) is 1. The number of rotatable bonds is 5. The van der Waals surface area contributed by atoms with Crippen molar-refractivity contribution in [3.05, 3.63) is 0 Å². The van der Waals surface area contributed by atoms with Crippen LogP contribution in [0.5, 0.6) is 0 Å². The molecule has 0 aromatic rings. The van der Waals surface area contributed by atoms with E-state index in [1.54, 1.807) is 0 Å². The summed E-state index contributed by atoms with van der Waals surface area (Å²) in [5.41, 5.74) is 5.30. The predicted octanol–water partition coefficient (Wildman–Crippen LogP) is 1.52. The third-order valence-electron chi connectivity index (χ3n) is 3.11. The Morgan fingerprint density at radius 3 is 2.47 bits per heavy atom. The zero-order valence-electron chi connectivity index (χ0n) is 10.6. The van der Waals surface area contributed by atoms with E-state index in [0.717, 1.165) is 25.7 Å². The Morgan fingerprint density at radius 1 is 1.41 bits per heavy atom. The van der Waals surface area contributed by atoms with Gasteiger partial charge in [-0.3, -0.25) is 4.79 Å². The van der Waals surface area contributed by atoms with E-state index in [4.69, 9.17) is 22.7 Å². The third kappa shape index (κ3) is 4.24. The molecule has 17 heavy (non-hydrogen) atoms. The molecule has 0 aliphatic heterocycles. The van der Waals surface area contributed by atoms with E-state index in [2.05, 4.69) is 5.32 Å². The Bertz CT molecular complexity index is 286. The molecule has 0 saturated heterocycles. The van der Waals surface area contributed by atoms with Gasteiger partial charge in [-0.2, -0.15) is 0 Å². The van der Waals surface area contributed by atoms with Crippen LogP contribution in [0.1, 0.15) is 46.0 Å². The Labute approximate surface area is 108 Å². The maximum atomic E-state index is 11.8. The zero-order valence-corrected chi connectivity index (χ0v) is 11.4. The van der Waals surface area contributed by atoms with E-state index >= 15 is 0 Å². The van der Waals surface area contributed by atoms with Gasteiger partial charge in [-0.05, 0) is 26.7 Å². The Hall–Kier alpha value is -0.680. The topological polar surface area (TPSA) is 64.3 Å². The van der Waals surface area contributed by atoms with E-state index in [1.165, 1.54) is 6.42 Å². The van der Waals surface area contributed by atoms with Crippen molar-refractivity contribution >= 4 is 23.1 Å². The Balaban J connectivity index is 2.54. The Kier molecular flexibility index (Phi) is 5.33. The van der Waals surface area contributed by atoms with E-state index < -0.39 is 5.54 Å². The van der Waals surface area contributed by atoms with Gasteiger partial charge in [0.1, 0.15) is 6.61 Å². The average molecular weight is 258 g/mol. The number of nitrogens with two attached hydrogens (primary N) is 1. The maximum absolute atomic E-state index is 11.8. The molecule has 0 bridgehead atoms. The molecule has 1 rings (SSSR count). The van der Waals surface area contributed by atoms with Crippen LogP contribution in [-0.2, 0) is 9.53 Å². The number of hydrogen-bond donors (Lipinski definition) is 2.